The van der Waals surface area contributed by atoms with Gasteiger partial charge in [0.05, 0.1) is 11.4 Å². The van der Waals surface area contributed by atoms with Gasteiger partial charge in [-0.25, -0.2) is 0 Å². The zero-order chi connectivity index (χ0) is 24.6. The van der Waals surface area contributed by atoms with E-state index in [-0.39, 0.29) is 36.7 Å². The molecular formula is C26H27N3O5S. The molecule has 0 bridgehead atoms. The van der Waals surface area contributed by atoms with Crippen LogP contribution in [0.2, 0.25) is 0 Å². The quantitative estimate of drug-likeness (QED) is 0.322. The summed E-state index contributed by atoms with van der Waals surface area (Å²) >= 11 is 0.913. The van der Waals surface area contributed by atoms with Gasteiger partial charge >= 0.3 is 0 Å². The summed E-state index contributed by atoms with van der Waals surface area (Å²) < 4.78 is 12.5. The normalized spacial score (nSPS) is 14.8. The molecule has 9 heteroatoms. The van der Waals surface area contributed by atoms with Crippen molar-refractivity contribution in [2.24, 2.45) is 0 Å². The number of nitrogens with one attached hydrogen (secondary N) is 1. The summed E-state index contributed by atoms with van der Waals surface area (Å²) in [6, 6.07) is 16.9. The molecule has 0 saturated carbocycles. The van der Waals surface area contributed by atoms with E-state index in [0.717, 1.165) is 34.6 Å². The minimum atomic E-state index is -0.343. The summed E-state index contributed by atoms with van der Waals surface area (Å²) in [4.78, 5) is 39.4. The molecular weight excluding hydrogens is 466 g/mol. The molecule has 0 radical (unpaired) electrons. The Morgan fingerprint density at radius 1 is 1.06 bits per heavy atom. The van der Waals surface area contributed by atoms with Gasteiger partial charge in [-0.15, -0.1) is 0 Å². The first-order valence-corrected chi connectivity index (χ1v) is 12.1. The summed E-state index contributed by atoms with van der Waals surface area (Å²) in [5.41, 5.74) is 1.65. The largest absolute Gasteiger partial charge is 0.492 e. The van der Waals surface area contributed by atoms with Crippen molar-refractivity contribution in [2.75, 3.05) is 33.4 Å². The molecule has 35 heavy (non-hydrogen) atoms. The molecule has 1 N–H and O–H groups in total. The van der Waals surface area contributed by atoms with Gasteiger partial charge in [-0.1, -0.05) is 36.4 Å². The number of carbonyl (C=O) groups is 3. The molecule has 0 atom stereocenters. The SMILES string of the molecule is COCCCNC(=O)Cn1cc(/C=C2\SC(=O)N(CCOc3ccccc3)C2=O)c2ccccc21. The van der Waals surface area contributed by atoms with E-state index in [2.05, 4.69) is 5.32 Å². The van der Waals surface area contributed by atoms with Crippen LogP contribution in [-0.4, -0.2) is 59.9 Å². The number of amides is 3. The molecule has 0 spiro atoms. The van der Waals surface area contributed by atoms with E-state index in [1.807, 2.05) is 65.4 Å². The van der Waals surface area contributed by atoms with Crippen LogP contribution < -0.4 is 10.1 Å². The fraction of sp³-hybridized carbons (Fsp3) is 0.269. The van der Waals surface area contributed by atoms with Crippen molar-refractivity contribution in [3.05, 3.63) is 71.3 Å². The minimum absolute atomic E-state index is 0.104. The molecule has 1 saturated heterocycles. The summed E-state index contributed by atoms with van der Waals surface area (Å²) in [5, 5.41) is 3.47. The van der Waals surface area contributed by atoms with Crippen molar-refractivity contribution in [3.8, 4) is 5.75 Å². The number of fused-ring (bicyclic) bond motifs is 1. The molecule has 1 aromatic heterocycles. The molecule has 2 heterocycles. The lowest BCUT2D eigenvalue weighted by Gasteiger charge is -2.13. The number of ether oxygens (including phenoxy) is 2. The van der Waals surface area contributed by atoms with Crippen molar-refractivity contribution >= 4 is 45.8 Å². The maximum Gasteiger partial charge on any atom is 0.293 e. The van der Waals surface area contributed by atoms with Crippen LogP contribution in [0.25, 0.3) is 17.0 Å². The van der Waals surface area contributed by atoms with Crippen LogP contribution in [0.5, 0.6) is 5.75 Å². The smallest absolute Gasteiger partial charge is 0.293 e. The third-order valence-corrected chi connectivity index (χ3v) is 6.38. The van der Waals surface area contributed by atoms with Gasteiger partial charge in [0.1, 0.15) is 18.9 Å². The van der Waals surface area contributed by atoms with Gasteiger partial charge in [0.2, 0.25) is 5.91 Å². The zero-order valence-electron chi connectivity index (χ0n) is 19.4. The predicted molar refractivity (Wildman–Crippen MR) is 136 cm³/mol. The second-order valence-corrected chi connectivity index (χ2v) is 8.91. The lowest BCUT2D eigenvalue weighted by molar-refractivity contribution is -0.123. The highest BCUT2D eigenvalue weighted by Crippen LogP contribution is 2.34. The van der Waals surface area contributed by atoms with E-state index in [0.29, 0.717) is 23.8 Å². The summed E-state index contributed by atoms with van der Waals surface area (Å²) in [5.74, 6) is 0.238. The van der Waals surface area contributed by atoms with Gasteiger partial charge in [0, 0.05) is 42.9 Å². The van der Waals surface area contributed by atoms with Crippen LogP contribution >= 0.6 is 11.8 Å². The van der Waals surface area contributed by atoms with Gasteiger partial charge in [-0.2, -0.15) is 0 Å². The first-order valence-electron chi connectivity index (χ1n) is 11.3. The Balaban J connectivity index is 1.45. The number of thioether (sulfide) groups is 1. The molecule has 1 fully saturated rings. The van der Waals surface area contributed by atoms with Gasteiger partial charge in [-0.05, 0) is 42.5 Å². The van der Waals surface area contributed by atoms with Crippen LogP contribution in [0.3, 0.4) is 0 Å². The molecule has 8 nitrogen and oxygen atoms in total. The third kappa shape index (κ3) is 6.12. The minimum Gasteiger partial charge on any atom is -0.492 e. The molecule has 1 aliphatic rings. The number of methoxy groups -OCH3 is 1. The second-order valence-electron chi connectivity index (χ2n) is 7.92. The van der Waals surface area contributed by atoms with E-state index in [1.165, 1.54) is 4.90 Å². The molecule has 4 rings (SSSR count). The van der Waals surface area contributed by atoms with Crippen LogP contribution in [0, 0.1) is 0 Å². The average Bonchev–Trinajstić information content (AvgIpc) is 3.34. The Hall–Kier alpha value is -3.56. The molecule has 0 unspecified atom stereocenters. The number of hydrogen-bond acceptors (Lipinski definition) is 6. The standard InChI is InChI=1S/C26H27N3O5S/c1-33-14-7-12-27-24(30)18-28-17-19(21-10-5-6-11-22(21)28)16-23-25(31)29(26(32)35-23)13-15-34-20-8-3-2-4-9-20/h2-6,8-11,16-17H,7,12-15,18H2,1H3,(H,27,30)/b23-16-. The number of benzene rings is 2. The summed E-state index contributed by atoms with van der Waals surface area (Å²) in [7, 11) is 1.63. The molecule has 2 aromatic carbocycles. The van der Waals surface area contributed by atoms with Crippen LogP contribution in [-0.2, 0) is 20.9 Å². The number of para-hydroxylation sites is 2. The Kier molecular flexibility index (Phi) is 8.23. The van der Waals surface area contributed by atoms with Crippen LogP contribution in [0.4, 0.5) is 4.79 Å². The van der Waals surface area contributed by atoms with Crippen molar-refractivity contribution in [3.63, 3.8) is 0 Å². The fourth-order valence-corrected chi connectivity index (χ4v) is 4.64. The highest BCUT2D eigenvalue weighted by molar-refractivity contribution is 8.18. The highest BCUT2D eigenvalue weighted by Gasteiger charge is 2.35. The summed E-state index contributed by atoms with van der Waals surface area (Å²) in [6.07, 6.45) is 4.30. The van der Waals surface area contributed by atoms with E-state index in [4.69, 9.17) is 9.47 Å². The van der Waals surface area contributed by atoms with E-state index < -0.39 is 0 Å². The third-order valence-electron chi connectivity index (χ3n) is 5.47. The maximum absolute atomic E-state index is 12.9. The highest BCUT2D eigenvalue weighted by atomic mass is 32.2. The first-order chi connectivity index (χ1) is 17.1. The molecule has 3 amide bonds. The fourth-order valence-electron chi connectivity index (χ4n) is 3.78. The molecule has 3 aromatic rings. The molecule has 1 aliphatic heterocycles. The van der Waals surface area contributed by atoms with Gasteiger partial charge in [-0.3, -0.25) is 19.3 Å². The predicted octanol–water partition coefficient (Wildman–Crippen LogP) is 3.91. The van der Waals surface area contributed by atoms with Crippen molar-refractivity contribution in [2.45, 2.75) is 13.0 Å². The summed E-state index contributed by atoms with van der Waals surface area (Å²) in [6.45, 7) is 1.67. The number of imide groups is 1. The topological polar surface area (TPSA) is 89.9 Å². The maximum atomic E-state index is 12.9. The number of nitrogens with zero attached hydrogens (tertiary/aromatic N) is 2. The van der Waals surface area contributed by atoms with E-state index in [9.17, 15) is 14.4 Å². The van der Waals surface area contributed by atoms with Gasteiger partial charge < -0.3 is 19.4 Å². The zero-order valence-corrected chi connectivity index (χ0v) is 20.3. The first kappa shape index (κ1) is 24.6. The van der Waals surface area contributed by atoms with Crippen molar-refractivity contribution < 1.29 is 23.9 Å². The van der Waals surface area contributed by atoms with Crippen LogP contribution in [0.1, 0.15) is 12.0 Å². The average molecular weight is 494 g/mol. The van der Waals surface area contributed by atoms with Gasteiger partial charge in [0.25, 0.3) is 11.1 Å². The van der Waals surface area contributed by atoms with E-state index in [1.54, 1.807) is 13.2 Å². The number of hydrogen-bond donors (Lipinski definition) is 1. The molecule has 0 aliphatic carbocycles. The Morgan fingerprint density at radius 2 is 1.83 bits per heavy atom. The molecule has 182 valence electrons. The van der Waals surface area contributed by atoms with Gasteiger partial charge in [0.15, 0.2) is 0 Å². The van der Waals surface area contributed by atoms with Crippen molar-refractivity contribution in [1.29, 1.82) is 0 Å². The second kappa shape index (κ2) is 11.7. The Labute approximate surface area is 207 Å². The lowest BCUT2D eigenvalue weighted by Crippen LogP contribution is -2.32. The Bertz CT molecular complexity index is 1240. The lowest BCUT2D eigenvalue weighted by atomic mass is 10.1. The monoisotopic (exact) mass is 493 g/mol. The number of aromatic nitrogens is 1. The van der Waals surface area contributed by atoms with E-state index >= 15 is 0 Å². The van der Waals surface area contributed by atoms with Crippen LogP contribution in [0.15, 0.2) is 65.7 Å². The number of carbonyl (C=O) groups excluding carboxylic acids is 3. The Morgan fingerprint density at radius 3 is 2.63 bits per heavy atom. The van der Waals surface area contributed by atoms with Crippen molar-refractivity contribution in [1.82, 2.24) is 14.8 Å². The number of rotatable bonds is 11.